The van der Waals surface area contributed by atoms with E-state index in [1.54, 1.807) is 25.1 Å². The van der Waals surface area contributed by atoms with Gasteiger partial charge in [0.25, 0.3) is 0 Å². The molecule has 1 amide bonds. The van der Waals surface area contributed by atoms with E-state index in [-0.39, 0.29) is 39.1 Å². The molecule has 2 aliphatic heterocycles. The summed E-state index contributed by atoms with van der Waals surface area (Å²) in [5.41, 5.74) is 8.02. The summed E-state index contributed by atoms with van der Waals surface area (Å²) in [7, 11) is 0. The average molecular weight is 580 g/mol. The fourth-order valence-corrected chi connectivity index (χ4v) is 5.72. The monoisotopic (exact) mass is 579 g/mol. The molecule has 0 atom stereocenters. The molecule has 0 spiro atoms. The molecule has 40 heavy (non-hydrogen) atoms. The lowest BCUT2D eigenvalue weighted by molar-refractivity contribution is -0.136. The summed E-state index contributed by atoms with van der Waals surface area (Å²) < 4.78 is 1.16. The number of amides is 1. The van der Waals surface area contributed by atoms with E-state index < -0.39 is 5.69 Å². The summed E-state index contributed by atoms with van der Waals surface area (Å²) in [6, 6.07) is 13.4. The van der Waals surface area contributed by atoms with Crippen LogP contribution in [0, 0.1) is 0 Å². The van der Waals surface area contributed by atoms with Crippen LogP contribution < -0.4 is 21.6 Å². The summed E-state index contributed by atoms with van der Waals surface area (Å²) in [6.45, 7) is 7.11. The number of nitrogen functional groups attached to an aromatic ring is 1. The molecular weight excluding hydrogens is 553 g/mol. The highest BCUT2D eigenvalue weighted by atomic mass is 35.5. The van der Waals surface area contributed by atoms with E-state index in [1.165, 1.54) is 6.20 Å². The second-order valence-corrected chi connectivity index (χ2v) is 10.7. The van der Waals surface area contributed by atoms with Gasteiger partial charge in [-0.05, 0) is 36.4 Å². The normalized spacial score (nSPS) is 16.3. The first kappa shape index (κ1) is 26.3. The minimum Gasteiger partial charge on any atom is -0.384 e. The van der Waals surface area contributed by atoms with Crippen LogP contribution in [0.4, 0.5) is 23.1 Å². The molecule has 6 rings (SSSR count). The number of nitrogens with two attached hydrogens (primary N) is 1. The van der Waals surface area contributed by atoms with Crippen molar-refractivity contribution in [2.24, 2.45) is 0 Å². The van der Waals surface area contributed by atoms with E-state index in [4.69, 9.17) is 28.9 Å². The Morgan fingerprint density at radius 3 is 2.33 bits per heavy atom. The van der Waals surface area contributed by atoms with Crippen molar-refractivity contribution < 1.29 is 4.79 Å². The fourth-order valence-electron chi connectivity index (χ4n) is 5.16. The predicted octanol–water partition coefficient (Wildman–Crippen LogP) is 3.16. The van der Waals surface area contributed by atoms with Gasteiger partial charge in [-0.2, -0.15) is 9.97 Å². The number of hydrogen-bond acceptors (Lipinski definition) is 9. The number of carbonyl (C=O) groups excluding carboxylic acids is 1. The van der Waals surface area contributed by atoms with Crippen LogP contribution in [0.15, 0.2) is 53.5 Å². The van der Waals surface area contributed by atoms with Gasteiger partial charge in [0.2, 0.25) is 11.9 Å². The van der Waals surface area contributed by atoms with Gasteiger partial charge in [-0.25, -0.2) is 14.3 Å². The maximum absolute atomic E-state index is 12.9. The number of aromatic nitrogens is 4. The third-order valence-corrected chi connectivity index (χ3v) is 8.08. The highest BCUT2D eigenvalue weighted by molar-refractivity contribution is 6.37. The smallest absolute Gasteiger partial charge is 0.355 e. The maximum Gasteiger partial charge on any atom is 0.355 e. The number of likely N-dealkylation sites (tertiary alicyclic amines) is 1. The quantitative estimate of drug-likeness (QED) is 0.366. The Labute approximate surface area is 240 Å². The van der Waals surface area contributed by atoms with Crippen molar-refractivity contribution in [3.63, 3.8) is 0 Å². The van der Waals surface area contributed by atoms with Crippen molar-refractivity contribution >= 4 is 63.3 Å². The topological polar surface area (TPSA) is 126 Å². The number of para-hydroxylation sites is 1. The van der Waals surface area contributed by atoms with E-state index in [2.05, 4.69) is 42.2 Å². The molecule has 2 aliphatic rings. The summed E-state index contributed by atoms with van der Waals surface area (Å²) in [5.74, 6) is 0.531. The van der Waals surface area contributed by atoms with Crippen molar-refractivity contribution in [2.75, 3.05) is 55.2 Å². The molecule has 2 saturated heterocycles. The zero-order valence-corrected chi connectivity index (χ0v) is 23.2. The standard InChI is InChI=1S/C27H27Cl2N9O2/c1-16(39)37-14-19(15-37)36-11-9-35(10-12-36)18-7-5-17(6-8-18)32-26-31-13-20-24(30)38(27(40)34-25(20)33-26)23-21(28)3-2-4-22(23)29/h2-8,13,19H,9-12,14-15,30H2,1H3,(H,32,33,34,40). The van der Waals surface area contributed by atoms with Crippen LogP contribution in [0.5, 0.6) is 0 Å². The van der Waals surface area contributed by atoms with Crippen molar-refractivity contribution in [3.8, 4) is 5.69 Å². The minimum atomic E-state index is -0.650. The molecule has 0 bridgehead atoms. The van der Waals surface area contributed by atoms with Crippen molar-refractivity contribution in [1.29, 1.82) is 0 Å². The summed E-state index contributed by atoms with van der Waals surface area (Å²) in [6.07, 6.45) is 1.51. The maximum atomic E-state index is 12.9. The van der Waals surface area contributed by atoms with Crippen LogP contribution in [-0.4, -0.2) is 80.5 Å². The van der Waals surface area contributed by atoms with E-state index in [1.807, 2.05) is 17.0 Å². The largest absolute Gasteiger partial charge is 0.384 e. The van der Waals surface area contributed by atoms with Crippen molar-refractivity contribution in [2.45, 2.75) is 13.0 Å². The molecule has 2 aromatic heterocycles. The number of piperazine rings is 1. The molecule has 2 aromatic carbocycles. The summed E-state index contributed by atoms with van der Waals surface area (Å²) in [4.78, 5) is 43.9. The number of rotatable bonds is 5. The molecule has 0 saturated carbocycles. The van der Waals surface area contributed by atoms with Gasteiger partial charge in [0, 0.05) is 69.8 Å². The molecule has 3 N–H and O–H groups in total. The Hall–Kier alpha value is -3.93. The number of halogens is 2. The van der Waals surface area contributed by atoms with Gasteiger partial charge in [0.05, 0.1) is 21.1 Å². The van der Waals surface area contributed by atoms with Crippen LogP contribution in [0.2, 0.25) is 10.0 Å². The van der Waals surface area contributed by atoms with Gasteiger partial charge in [-0.15, -0.1) is 0 Å². The highest BCUT2D eigenvalue weighted by Crippen LogP contribution is 2.31. The summed E-state index contributed by atoms with van der Waals surface area (Å²) in [5, 5.41) is 4.10. The number of anilines is 4. The molecule has 13 heteroatoms. The lowest BCUT2D eigenvalue weighted by Gasteiger charge is -2.48. The molecule has 11 nitrogen and oxygen atoms in total. The first-order valence-corrected chi connectivity index (χ1v) is 13.7. The zero-order valence-electron chi connectivity index (χ0n) is 21.7. The SMILES string of the molecule is CC(=O)N1CC(N2CCN(c3ccc(Nc4ncc5c(N)n(-c6c(Cl)cccc6Cl)c(=O)nc5n4)cc3)CC2)C1. The van der Waals surface area contributed by atoms with Crippen LogP contribution in [-0.2, 0) is 4.79 Å². The Kier molecular flexibility index (Phi) is 6.95. The molecular formula is C27H27Cl2N9O2. The Balaban J connectivity index is 1.14. The minimum absolute atomic E-state index is 0.0921. The van der Waals surface area contributed by atoms with E-state index in [0.717, 1.165) is 55.2 Å². The van der Waals surface area contributed by atoms with Crippen molar-refractivity contribution in [1.82, 2.24) is 29.3 Å². The molecule has 2 fully saturated rings. The number of carbonyl (C=O) groups is 1. The summed E-state index contributed by atoms with van der Waals surface area (Å²) >= 11 is 12.6. The molecule has 4 heterocycles. The van der Waals surface area contributed by atoms with Gasteiger partial charge in [0.15, 0.2) is 5.65 Å². The van der Waals surface area contributed by atoms with Crippen LogP contribution in [0.1, 0.15) is 6.92 Å². The van der Waals surface area contributed by atoms with Crippen molar-refractivity contribution in [3.05, 3.63) is 69.2 Å². The number of benzene rings is 2. The number of nitrogens with one attached hydrogen (secondary N) is 1. The van der Waals surface area contributed by atoms with Gasteiger partial charge in [-0.1, -0.05) is 29.3 Å². The van der Waals surface area contributed by atoms with Crippen LogP contribution in [0.25, 0.3) is 16.7 Å². The Morgan fingerprint density at radius 1 is 1.00 bits per heavy atom. The van der Waals surface area contributed by atoms with E-state index >= 15 is 0 Å². The van der Waals surface area contributed by atoms with Gasteiger partial charge >= 0.3 is 5.69 Å². The highest BCUT2D eigenvalue weighted by Gasteiger charge is 2.34. The molecule has 0 aliphatic carbocycles. The van der Waals surface area contributed by atoms with Crippen LogP contribution in [0.3, 0.4) is 0 Å². The molecule has 4 aromatic rings. The molecule has 206 valence electrons. The predicted molar refractivity (Wildman–Crippen MR) is 157 cm³/mol. The second kappa shape index (κ2) is 10.6. The third kappa shape index (κ3) is 4.91. The average Bonchev–Trinajstić information content (AvgIpc) is 2.90. The lowest BCUT2D eigenvalue weighted by Crippen LogP contribution is -2.63. The van der Waals surface area contributed by atoms with E-state index in [0.29, 0.717) is 11.4 Å². The van der Waals surface area contributed by atoms with Crippen LogP contribution >= 0.6 is 23.2 Å². The fraction of sp³-hybridized carbons (Fsp3) is 0.296. The Morgan fingerprint density at radius 2 is 1.68 bits per heavy atom. The second-order valence-electron chi connectivity index (χ2n) is 9.89. The molecule has 0 unspecified atom stereocenters. The first-order valence-electron chi connectivity index (χ1n) is 12.9. The number of fused-ring (bicyclic) bond motifs is 1. The first-order chi connectivity index (χ1) is 19.3. The number of hydrogen-bond donors (Lipinski definition) is 2. The van der Waals surface area contributed by atoms with Gasteiger partial charge < -0.3 is 20.9 Å². The van der Waals surface area contributed by atoms with E-state index in [9.17, 15) is 9.59 Å². The number of nitrogens with zero attached hydrogens (tertiary/aromatic N) is 7. The lowest BCUT2D eigenvalue weighted by atomic mass is 10.1. The zero-order chi connectivity index (χ0) is 28.0. The third-order valence-electron chi connectivity index (χ3n) is 7.47. The molecule has 0 radical (unpaired) electrons. The van der Waals surface area contributed by atoms with Gasteiger partial charge in [-0.3, -0.25) is 9.69 Å². The Bertz CT molecular complexity index is 1630. The van der Waals surface area contributed by atoms with Gasteiger partial charge in [0.1, 0.15) is 5.82 Å².